The number of hydrogen-bond acceptors (Lipinski definition) is 2. The van der Waals surface area contributed by atoms with Crippen molar-refractivity contribution in [2.75, 3.05) is 6.54 Å². The second kappa shape index (κ2) is 6.35. The molecule has 20 heavy (non-hydrogen) atoms. The minimum Gasteiger partial charge on any atom is -0.347 e. The van der Waals surface area contributed by atoms with Gasteiger partial charge >= 0.3 is 0 Å². The first kappa shape index (κ1) is 15.0. The Hall–Kier alpha value is -1.43. The van der Waals surface area contributed by atoms with Crippen LogP contribution in [-0.4, -0.2) is 18.4 Å². The molecule has 0 spiro atoms. The molecule has 0 bridgehead atoms. The van der Waals surface area contributed by atoms with Gasteiger partial charge in [0, 0.05) is 11.4 Å². The van der Waals surface area contributed by atoms with E-state index in [0.29, 0.717) is 10.4 Å². The minimum atomic E-state index is -0.337. The Morgan fingerprint density at radius 1 is 1.40 bits per heavy atom. The third-order valence-corrected chi connectivity index (χ3v) is 3.61. The van der Waals surface area contributed by atoms with Gasteiger partial charge in [-0.2, -0.15) is 0 Å². The van der Waals surface area contributed by atoms with Crippen LogP contribution in [0.15, 0.2) is 22.7 Å². The largest absolute Gasteiger partial charge is 0.347 e. The highest BCUT2D eigenvalue weighted by atomic mass is 79.9. The summed E-state index contributed by atoms with van der Waals surface area (Å²) in [7, 11) is 0. The predicted molar refractivity (Wildman–Crippen MR) is 76.4 cm³/mol. The van der Waals surface area contributed by atoms with Gasteiger partial charge in [0.05, 0.1) is 12.6 Å². The summed E-state index contributed by atoms with van der Waals surface area (Å²) in [6, 6.07) is 4.42. The number of benzene rings is 1. The highest BCUT2D eigenvalue weighted by Gasteiger charge is 2.33. The molecule has 1 aromatic carbocycles. The number of hydrogen-bond donors (Lipinski definition) is 2. The van der Waals surface area contributed by atoms with Crippen molar-refractivity contribution in [2.24, 2.45) is 5.92 Å². The van der Waals surface area contributed by atoms with Crippen molar-refractivity contribution in [1.29, 1.82) is 0 Å². The van der Waals surface area contributed by atoms with Crippen LogP contribution in [0.3, 0.4) is 0 Å². The maximum Gasteiger partial charge on any atom is 0.239 e. The van der Waals surface area contributed by atoms with Gasteiger partial charge in [-0.1, -0.05) is 15.9 Å². The summed E-state index contributed by atoms with van der Waals surface area (Å²) in [5.74, 6) is -0.518. The van der Waals surface area contributed by atoms with E-state index in [-0.39, 0.29) is 30.2 Å². The minimum absolute atomic E-state index is 0.0605. The van der Waals surface area contributed by atoms with Gasteiger partial charge < -0.3 is 10.6 Å². The zero-order valence-electron chi connectivity index (χ0n) is 11.1. The van der Waals surface area contributed by atoms with Gasteiger partial charge in [-0.3, -0.25) is 9.59 Å². The van der Waals surface area contributed by atoms with E-state index in [0.717, 1.165) is 18.4 Å². The Labute approximate surface area is 125 Å². The molecule has 0 saturated heterocycles. The first-order valence-electron chi connectivity index (χ1n) is 6.45. The predicted octanol–water partition coefficient (Wildman–Crippen LogP) is 2.29. The topological polar surface area (TPSA) is 58.2 Å². The van der Waals surface area contributed by atoms with Crippen LogP contribution in [0.4, 0.5) is 4.39 Å². The van der Waals surface area contributed by atoms with Crippen LogP contribution in [0.25, 0.3) is 0 Å². The van der Waals surface area contributed by atoms with E-state index in [1.165, 1.54) is 19.1 Å². The molecule has 6 heteroatoms. The molecular weight excluding hydrogens is 327 g/mol. The van der Waals surface area contributed by atoms with E-state index in [2.05, 4.69) is 26.6 Å². The Morgan fingerprint density at radius 3 is 2.65 bits per heavy atom. The van der Waals surface area contributed by atoms with E-state index < -0.39 is 0 Å². The maximum absolute atomic E-state index is 13.5. The summed E-state index contributed by atoms with van der Waals surface area (Å²) in [6.07, 6.45) is 2.03. The van der Waals surface area contributed by atoms with E-state index >= 15 is 0 Å². The summed E-state index contributed by atoms with van der Waals surface area (Å²) < 4.78 is 14.1. The van der Waals surface area contributed by atoms with Crippen molar-refractivity contribution in [3.8, 4) is 0 Å². The molecule has 108 valence electrons. The normalized spacial score (nSPS) is 15.6. The molecular formula is C14H16BrFN2O2. The average molecular weight is 343 g/mol. The van der Waals surface area contributed by atoms with Gasteiger partial charge in [-0.05, 0) is 42.5 Å². The SMILES string of the molecule is CC(=O)NCC(=O)NC(c1cc(F)cc(Br)c1)C1CC1. The van der Waals surface area contributed by atoms with Crippen molar-refractivity contribution >= 4 is 27.7 Å². The molecule has 2 amide bonds. The molecule has 1 saturated carbocycles. The Bertz CT molecular complexity index is 512. The van der Waals surface area contributed by atoms with Gasteiger partial charge in [0.25, 0.3) is 0 Å². The highest BCUT2D eigenvalue weighted by Crippen LogP contribution is 2.41. The lowest BCUT2D eigenvalue weighted by Crippen LogP contribution is -2.38. The number of amides is 2. The molecule has 1 aromatic rings. The number of carbonyl (C=O) groups is 2. The fourth-order valence-corrected chi connectivity index (χ4v) is 2.57. The van der Waals surface area contributed by atoms with Crippen LogP contribution in [0.1, 0.15) is 31.4 Å². The zero-order valence-corrected chi connectivity index (χ0v) is 12.7. The van der Waals surface area contributed by atoms with Crippen molar-refractivity contribution in [3.63, 3.8) is 0 Å². The van der Waals surface area contributed by atoms with Crippen molar-refractivity contribution in [3.05, 3.63) is 34.1 Å². The molecule has 2 rings (SSSR count). The molecule has 4 nitrogen and oxygen atoms in total. The number of nitrogens with one attached hydrogen (secondary N) is 2. The molecule has 1 unspecified atom stereocenters. The average Bonchev–Trinajstić information content (AvgIpc) is 3.16. The number of halogens is 2. The van der Waals surface area contributed by atoms with E-state index in [1.807, 2.05) is 6.07 Å². The molecule has 1 atom stereocenters. The van der Waals surface area contributed by atoms with Crippen molar-refractivity contribution in [1.82, 2.24) is 10.6 Å². The standard InChI is InChI=1S/C14H16BrFN2O2/c1-8(19)17-7-13(20)18-14(9-2-3-9)10-4-11(15)6-12(16)5-10/h4-6,9,14H,2-3,7H2,1H3,(H,17,19)(H,18,20). The van der Waals surface area contributed by atoms with Crippen LogP contribution >= 0.6 is 15.9 Å². The summed E-state index contributed by atoms with van der Waals surface area (Å²) in [4.78, 5) is 22.6. The monoisotopic (exact) mass is 342 g/mol. The van der Waals surface area contributed by atoms with Crippen LogP contribution in [-0.2, 0) is 9.59 Å². The van der Waals surface area contributed by atoms with E-state index in [9.17, 15) is 14.0 Å². The first-order chi connectivity index (χ1) is 9.45. The second-order valence-corrected chi connectivity index (χ2v) is 5.91. The molecule has 1 aliphatic rings. The fraction of sp³-hybridized carbons (Fsp3) is 0.429. The van der Waals surface area contributed by atoms with Crippen molar-refractivity contribution < 1.29 is 14.0 Å². The summed E-state index contributed by atoms with van der Waals surface area (Å²) in [6.45, 7) is 1.30. The molecule has 1 fully saturated rings. The lowest BCUT2D eigenvalue weighted by molar-refractivity contribution is -0.125. The Morgan fingerprint density at radius 2 is 2.10 bits per heavy atom. The smallest absolute Gasteiger partial charge is 0.239 e. The van der Waals surface area contributed by atoms with Crippen LogP contribution in [0.2, 0.25) is 0 Å². The lowest BCUT2D eigenvalue weighted by Gasteiger charge is -2.19. The Balaban J connectivity index is 2.07. The fourth-order valence-electron chi connectivity index (χ4n) is 2.09. The van der Waals surface area contributed by atoms with Gasteiger partial charge in [0.2, 0.25) is 11.8 Å². The van der Waals surface area contributed by atoms with Gasteiger partial charge in [0.1, 0.15) is 5.82 Å². The Kier molecular flexibility index (Phi) is 4.75. The van der Waals surface area contributed by atoms with E-state index in [4.69, 9.17) is 0 Å². The molecule has 0 radical (unpaired) electrons. The molecule has 0 heterocycles. The van der Waals surface area contributed by atoms with E-state index in [1.54, 1.807) is 0 Å². The molecule has 1 aliphatic carbocycles. The molecule has 2 N–H and O–H groups in total. The van der Waals surface area contributed by atoms with Crippen LogP contribution < -0.4 is 10.6 Å². The van der Waals surface area contributed by atoms with Crippen LogP contribution in [0.5, 0.6) is 0 Å². The quantitative estimate of drug-likeness (QED) is 0.862. The summed E-state index contributed by atoms with van der Waals surface area (Å²) >= 11 is 3.26. The maximum atomic E-state index is 13.5. The van der Waals surface area contributed by atoms with Crippen LogP contribution in [0, 0.1) is 11.7 Å². The highest BCUT2D eigenvalue weighted by molar-refractivity contribution is 9.10. The number of carbonyl (C=O) groups excluding carboxylic acids is 2. The third kappa shape index (κ3) is 4.30. The van der Waals surface area contributed by atoms with Crippen molar-refractivity contribution in [2.45, 2.75) is 25.8 Å². The van der Waals surface area contributed by atoms with Gasteiger partial charge in [0.15, 0.2) is 0 Å². The van der Waals surface area contributed by atoms with Gasteiger partial charge in [-0.15, -0.1) is 0 Å². The third-order valence-electron chi connectivity index (χ3n) is 3.15. The molecule has 0 aromatic heterocycles. The van der Waals surface area contributed by atoms with Gasteiger partial charge in [-0.25, -0.2) is 4.39 Å². The summed E-state index contributed by atoms with van der Waals surface area (Å²) in [5, 5.41) is 5.31. The summed E-state index contributed by atoms with van der Waals surface area (Å²) in [5.41, 5.74) is 0.746. The lowest BCUT2D eigenvalue weighted by atomic mass is 10.0. The number of rotatable bonds is 5. The molecule has 0 aliphatic heterocycles. The first-order valence-corrected chi connectivity index (χ1v) is 7.25. The second-order valence-electron chi connectivity index (χ2n) is 5.00. The zero-order chi connectivity index (χ0) is 14.7.